The summed E-state index contributed by atoms with van der Waals surface area (Å²) in [5, 5.41) is 1.97. The summed E-state index contributed by atoms with van der Waals surface area (Å²) in [4.78, 5) is 2.69. The van der Waals surface area contributed by atoms with Crippen molar-refractivity contribution in [3.63, 3.8) is 0 Å². The zero-order valence-electron chi connectivity index (χ0n) is 15.2. The SMILES string of the molecule is O=S(=O)(NCC(c1ccccc1)N1CCCC1)c1ccc2ccccc2c1. The highest BCUT2D eigenvalue weighted by Gasteiger charge is 2.25. The van der Waals surface area contributed by atoms with E-state index in [0.29, 0.717) is 11.4 Å². The molecule has 1 N–H and O–H groups in total. The Balaban J connectivity index is 1.56. The van der Waals surface area contributed by atoms with Crippen LogP contribution in [0.4, 0.5) is 0 Å². The van der Waals surface area contributed by atoms with Gasteiger partial charge in [0.1, 0.15) is 0 Å². The van der Waals surface area contributed by atoms with Gasteiger partial charge in [0.15, 0.2) is 0 Å². The van der Waals surface area contributed by atoms with Crippen molar-refractivity contribution >= 4 is 20.8 Å². The smallest absolute Gasteiger partial charge is 0.240 e. The number of hydrogen-bond donors (Lipinski definition) is 1. The Labute approximate surface area is 160 Å². The molecule has 27 heavy (non-hydrogen) atoms. The molecule has 1 heterocycles. The van der Waals surface area contributed by atoms with E-state index in [1.807, 2.05) is 48.5 Å². The minimum atomic E-state index is -3.56. The Morgan fingerprint density at radius 3 is 2.26 bits per heavy atom. The molecule has 1 atom stereocenters. The van der Waals surface area contributed by atoms with Crippen molar-refractivity contribution in [1.82, 2.24) is 9.62 Å². The molecule has 140 valence electrons. The first-order valence-corrected chi connectivity index (χ1v) is 10.9. The maximum Gasteiger partial charge on any atom is 0.240 e. The average Bonchev–Trinajstić information content (AvgIpc) is 3.23. The third-order valence-corrected chi connectivity index (χ3v) is 6.68. The van der Waals surface area contributed by atoms with Gasteiger partial charge >= 0.3 is 0 Å². The number of nitrogens with zero attached hydrogens (tertiary/aromatic N) is 1. The summed E-state index contributed by atoms with van der Waals surface area (Å²) < 4.78 is 28.6. The Morgan fingerprint density at radius 1 is 0.852 bits per heavy atom. The number of benzene rings is 3. The Hall–Kier alpha value is -2.21. The standard InChI is InChI=1S/C22H24N2O2S/c25-27(26,21-13-12-18-8-4-5-11-20(18)16-21)23-17-22(24-14-6-7-15-24)19-9-2-1-3-10-19/h1-5,8-13,16,22-23H,6-7,14-15,17H2. The fourth-order valence-electron chi connectivity index (χ4n) is 3.79. The normalized spacial score (nSPS) is 16.6. The predicted molar refractivity (Wildman–Crippen MR) is 109 cm³/mol. The first-order chi connectivity index (χ1) is 13.1. The highest BCUT2D eigenvalue weighted by molar-refractivity contribution is 7.89. The Morgan fingerprint density at radius 2 is 1.52 bits per heavy atom. The Bertz CT molecular complexity index is 1010. The van der Waals surface area contributed by atoms with Crippen molar-refractivity contribution in [1.29, 1.82) is 0 Å². The molecule has 4 rings (SSSR count). The van der Waals surface area contributed by atoms with Gasteiger partial charge in [-0.05, 0) is 54.4 Å². The lowest BCUT2D eigenvalue weighted by molar-refractivity contribution is 0.246. The lowest BCUT2D eigenvalue weighted by Gasteiger charge is -2.28. The molecule has 5 heteroatoms. The molecule has 3 aromatic rings. The zero-order valence-corrected chi connectivity index (χ0v) is 16.0. The molecule has 0 amide bonds. The number of sulfonamides is 1. The molecule has 1 saturated heterocycles. The molecule has 4 nitrogen and oxygen atoms in total. The highest BCUT2D eigenvalue weighted by atomic mass is 32.2. The summed E-state index contributed by atoms with van der Waals surface area (Å²) in [7, 11) is -3.56. The largest absolute Gasteiger partial charge is 0.295 e. The van der Waals surface area contributed by atoms with Gasteiger partial charge in [-0.25, -0.2) is 13.1 Å². The maximum absolute atomic E-state index is 12.9. The van der Waals surface area contributed by atoms with E-state index in [2.05, 4.69) is 21.8 Å². The molecule has 1 aliphatic heterocycles. The van der Waals surface area contributed by atoms with E-state index in [9.17, 15) is 8.42 Å². The van der Waals surface area contributed by atoms with E-state index in [-0.39, 0.29) is 6.04 Å². The summed E-state index contributed by atoms with van der Waals surface area (Å²) >= 11 is 0. The fourth-order valence-corrected chi connectivity index (χ4v) is 4.87. The minimum absolute atomic E-state index is 0.0592. The number of likely N-dealkylation sites (tertiary alicyclic amines) is 1. The van der Waals surface area contributed by atoms with E-state index < -0.39 is 10.0 Å². The predicted octanol–water partition coefficient (Wildman–Crippen LogP) is 3.96. The molecular formula is C22H24N2O2S. The topological polar surface area (TPSA) is 49.4 Å². The van der Waals surface area contributed by atoms with Crippen LogP contribution in [0.25, 0.3) is 10.8 Å². The van der Waals surface area contributed by atoms with Crippen molar-refractivity contribution < 1.29 is 8.42 Å². The molecule has 0 spiro atoms. The molecule has 0 aliphatic carbocycles. The van der Waals surface area contributed by atoms with Crippen LogP contribution in [0.1, 0.15) is 24.4 Å². The number of hydrogen-bond acceptors (Lipinski definition) is 3. The summed E-state index contributed by atoms with van der Waals surface area (Å²) in [5.74, 6) is 0. The average molecular weight is 381 g/mol. The van der Waals surface area contributed by atoms with Gasteiger partial charge in [-0.2, -0.15) is 0 Å². The van der Waals surface area contributed by atoms with Crippen LogP contribution in [0.15, 0.2) is 77.7 Å². The third kappa shape index (κ3) is 4.05. The summed E-state index contributed by atoms with van der Waals surface area (Å²) in [6.07, 6.45) is 2.33. The number of nitrogens with one attached hydrogen (secondary N) is 1. The van der Waals surface area contributed by atoms with E-state index in [1.165, 1.54) is 12.8 Å². The van der Waals surface area contributed by atoms with Crippen LogP contribution in [-0.2, 0) is 10.0 Å². The van der Waals surface area contributed by atoms with Gasteiger partial charge in [0.25, 0.3) is 0 Å². The highest BCUT2D eigenvalue weighted by Crippen LogP contribution is 2.25. The van der Waals surface area contributed by atoms with Crippen LogP contribution < -0.4 is 4.72 Å². The molecule has 1 unspecified atom stereocenters. The van der Waals surface area contributed by atoms with Crippen molar-refractivity contribution in [2.75, 3.05) is 19.6 Å². The molecule has 3 aromatic carbocycles. The number of rotatable bonds is 6. The van der Waals surface area contributed by atoms with Gasteiger partial charge < -0.3 is 0 Å². The lowest BCUT2D eigenvalue weighted by atomic mass is 10.1. The minimum Gasteiger partial charge on any atom is -0.295 e. The first kappa shape index (κ1) is 18.2. The van der Waals surface area contributed by atoms with Crippen LogP contribution in [0.2, 0.25) is 0 Å². The van der Waals surface area contributed by atoms with Gasteiger partial charge in [-0.1, -0.05) is 60.7 Å². The molecule has 1 aliphatic rings. The molecule has 0 bridgehead atoms. The molecule has 0 radical (unpaired) electrons. The summed E-state index contributed by atoms with van der Waals surface area (Å²) in [5.41, 5.74) is 1.15. The van der Waals surface area contributed by atoms with E-state index in [1.54, 1.807) is 12.1 Å². The van der Waals surface area contributed by atoms with Crippen LogP contribution in [0.5, 0.6) is 0 Å². The summed E-state index contributed by atoms with van der Waals surface area (Å²) in [6.45, 7) is 2.40. The van der Waals surface area contributed by atoms with Crippen LogP contribution in [0, 0.1) is 0 Å². The summed E-state index contributed by atoms with van der Waals surface area (Å²) in [6, 6.07) is 23.3. The zero-order chi connectivity index (χ0) is 18.7. The van der Waals surface area contributed by atoms with Gasteiger partial charge in [-0.3, -0.25) is 4.90 Å². The maximum atomic E-state index is 12.9. The third-order valence-electron chi connectivity index (χ3n) is 5.26. The monoisotopic (exact) mass is 380 g/mol. The molecular weight excluding hydrogens is 356 g/mol. The lowest BCUT2D eigenvalue weighted by Crippen LogP contribution is -2.36. The number of fused-ring (bicyclic) bond motifs is 1. The van der Waals surface area contributed by atoms with Crippen molar-refractivity contribution in [3.8, 4) is 0 Å². The second-order valence-electron chi connectivity index (χ2n) is 7.03. The van der Waals surface area contributed by atoms with E-state index in [0.717, 1.165) is 29.4 Å². The Kier molecular flexibility index (Phi) is 5.25. The first-order valence-electron chi connectivity index (χ1n) is 9.41. The van der Waals surface area contributed by atoms with Gasteiger partial charge in [0.2, 0.25) is 10.0 Å². The van der Waals surface area contributed by atoms with Gasteiger partial charge in [-0.15, -0.1) is 0 Å². The molecule has 1 fully saturated rings. The van der Waals surface area contributed by atoms with Crippen LogP contribution in [0.3, 0.4) is 0 Å². The van der Waals surface area contributed by atoms with E-state index >= 15 is 0 Å². The second-order valence-corrected chi connectivity index (χ2v) is 8.80. The van der Waals surface area contributed by atoms with Crippen molar-refractivity contribution in [2.24, 2.45) is 0 Å². The van der Waals surface area contributed by atoms with Crippen molar-refractivity contribution in [3.05, 3.63) is 78.4 Å². The quantitative estimate of drug-likeness (QED) is 0.704. The van der Waals surface area contributed by atoms with Crippen LogP contribution in [-0.4, -0.2) is 33.0 Å². The van der Waals surface area contributed by atoms with E-state index in [4.69, 9.17) is 0 Å². The van der Waals surface area contributed by atoms with Crippen molar-refractivity contribution in [2.45, 2.75) is 23.8 Å². The van der Waals surface area contributed by atoms with Crippen LogP contribution >= 0.6 is 0 Å². The molecule has 0 saturated carbocycles. The van der Waals surface area contributed by atoms with Gasteiger partial charge in [0, 0.05) is 12.6 Å². The second kappa shape index (κ2) is 7.80. The van der Waals surface area contributed by atoms with Gasteiger partial charge in [0.05, 0.1) is 4.90 Å². The fraction of sp³-hybridized carbons (Fsp3) is 0.273. The molecule has 0 aromatic heterocycles.